The van der Waals surface area contributed by atoms with Crippen molar-refractivity contribution in [1.29, 1.82) is 0 Å². The number of amides is 1. The van der Waals surface area contributed by atoms with Gasteiger partial charge < -0.3 is 9.73 Å². The van der Waals surface area contributed by atoms with Crippen molar-refractivity contribution in [2.75, 3.05) is 6.54 Å². The number of nitrogens with one attached hydrogen (secondary N) is 1. The van der Waals surface area contributed by atoms with Crippen molar-refractivity contribution in [1.82, 2.24) is 5.32 Å². The van der Waals surface area contributed by atoms with Gasteiger partial charge in [0.15, 0.2) is 0 Å². The average Bonchev–Trinajstić information content (AvgIpc) is 2.90. The van der Waals surface area contributed by atoms with E-state index in [9.17, 15) is 4.79 Å². The molecular weight excluding hydrogens is 250 g/mol. The van der Waals surface area contributed by atoms with Crippen LogP contribution in [0.4, 0.5) is 0 Å². The Bertz CT molecular complexity index is 456. The predicted molar refractivity (Wildman–Crippen MR) is 76.0 cm³/mol. The van der Waals surface area contributed by atoms with Gasteiger partial charge >= 0.3 is 0 Å². The lowest BCUT2D eigenvalue weighted by Crippen LogP contribution is -2.53. The zero-order valence-corrected chi connectivity index (χ0v) is 11.9. The second kappa shape index (κ2) is 4.64. The summed E-state index contributed by atoms with van der Waals surface area (Å²) in [6.45, 7) is 0.736. The van der Waals surface area contributed by atoms with E-state index in [4.69, 9.17) is 4.42 Å². The van der Waals surface area contributed by atoms with E-state index < -0.39 is 0 Å². The molecule has 20 heavy (non-hydrogen) atoms. The fraction of sp³-hybridized carbons (Fsp3) is 0.706. The third-order valence-corrected chi connectivity index (χ3v) is 5.80. The van der Waals surface area contributed by atoms with Gasteiger partial charge in [0.2, 0.25) is 5.91 Å². The minimum atomic E-state index is -0.00878. The summed E-state index contributed by atoms with van der Waals surface area (Å²) in [4.78, 5) is 12.7. The van der Waals surface area contributed by atoms with Crippen LogP contribution in [0.3, 0.4) is 0 Å². The van der Waals surface area contributed by atoms with Crippen LogP contribution < -0.4 is 5.32 Å². The molecule has 0 aromatic carbocycles. The Morgan fingerprint density at radius 1 is 1.20 bits per heavy atom. The number of rotatable bonds is 4. The van der Waals surface area contributed by atoms with Crippen molar-refractivity contribution in [2.24, 2.45) is 23.2 Å². The normalized spacial score (nSPS) is 38.1. The summed E-state index contributed by atoms with van der Waals surface area (Å²) in [7, 11) is 0. The van der Waals surface area contributed by atoms with E-state index in [0.29, 0.717) is 5.91 Å². The predicted octanol–water partition coefficient (Wildman–Crippen LogP) is 3.15. The first-order valence-corrected chi connectivity index (χ1v) is 8.03. The molecule has 108 valence electrons. The lowest BCUT2D eigenvalue weighted by molar-refractivity contribution is -0.146. The van der Waals surface area contributed by atoms with Gasteiger partial charge in [0.25, 0.3) is 0 Å². The van der Waals surface area contributed by atoms with Crippen molar-refractivity contribution in [3.63, 3.8) is 0 Å². The highest BCUT2D eigenvalue weighted by molar-refractivity contribution is 5.83. The molecule has 4 bridgehead atoms. The maximum atomic E-state index is 12.7. The molecular formula is C17H23NO2. The van der Waals surface area contributed by atoms with Crippen LogP contribution in [-0.4, -0.2) is 12.5 Å². The molecule has 1 aromatic rings. The molecule has 0 unspecified atom stereocenters. The molecule has 4 saturated carbocycles. The molecule has 1 aromatic heterocycles. The molecule has 1 N–H and O–H groups in total. The third-order valence-electron chi connectivity index (χ3n) is 5.80. The Balaban J connectivity index is 1.38. The molecule has 0 radical (unpaired) electrons. The van der Waals surface area contributed by atoms with Gasteiger partial charge in [-0.15, -0.1) is 0 Å². The summed E-state index contributed by atoms with van der Waals surface area (Å²) in [6, 6.07) is 1.97. The lowest BCUT2D eigenvalue weighted by atomic mass is 9.49. The standard InChI is InChI=1S/C17H23NO2/c19-16(18-3-1-12-2-4-20-11-12)17-8-13-5-14(9-17)7-15(6-13)10-17/h2,4,11,13-15H,1,3,5-10H2,(H,18,19). The first kappa shape index (κ1) is 12.5. The molecule has 4 fully saturated rings. The molecule has 0 spiro atoms. The smallest absolute Gasteiger partial charge is 0.226 e. The van der Waals surface area contributed by atoms with Crippen molar-refractivity contribution in [3.05, 3.63) is 24.2 Å². The third kappa shape index (κ3) is 2.07. The van der Waals surface area contributed by atoms with E-state index in [1.807, 2.05) is 6.07 Å². The first-order valence-electron chi connectivity index (χ1n) is 8.03. The summed E-state index contributed by atoms with van der Waals surface area (Å²) in [6.07, 6.45) is 11.9. The first-order chi connectivity index (χ1) is 9.73. The zero-order valence-electron chi connectivity index (χ0n) is 11.9. The molecule has 4 aliphatic carbocycles. The SMILES string of the molecule is O=C(NCCc1ccoc1)C12CC3CC(CC(C3)C1)C2. The monoisotopic (exact) mass is 273 g/mol. The Kier molecular flexibility index (Phi) is 2.90. The molecule has 3 nitrogen and oxygen atoms in total. The molecule has 1 heterocycles. The molecule has 3 heteroatoms. The Labute approximate surface area is 120 Å². The second-order valence-electron chi connectivity index (χ2n) is 7.34. The number of carbonyl (C=O) groups excluding carboxylic acids is 1. The fourth-order valence-corrected chi connectivity index (χ4v) is 5.33. The van der Waals surface area contributed by atoms with E-state index in [2.05, 4.69) is 5.32 Å². The van der Waals surface area contributed by atoms with Gasteiger partial charge in [0.1, 0.15) is 0 Å². The number of carbonyl (C=O) groups is 1. The molecule has 0 aliphatic heterocycles. The highest BCUT2D eigenvalue weighted by Crippen LogP contribution is 2.60. The number of furan rings is 1. The van der Waals surface area contributed by atoms with Gasteiger partial charge in [-0.05, 0) is 74.3 Å². The molecule has 0 saturated heterocycles. The summed E-state index contributed by atoms with van der Waals surface area (Å²) < 4.78 is 5.06. The highest BCUT2D eigenvalue weighted by Gasteiger charge is 2.54. The van der Waals surface area contributed by atoms with E-state index in [1.165, 1.54) is 19.3 Å². The Morgan fingerprint density at radius 3 is 2.40 bits per heavy atom. The quantitative estimate of drug-likeness (QED) is 0.915. The minimum Gasteiger partial charge on any atom is -0.472 e. The molecule has 0 atom stereocenters. The average molecular weight is 273 g/mol. The number of hydrogen-bond acceptors (Lipinski definition) is 2. The fourth-order valence-electron chi connectivity index (χ4n) is 5.33. The Morgan fingerprint density at radius 2 is 1.85 bits per heavy atom. The van der Waals surface area contributed by atoms with Gasteiger partial charge in [-0.3, -0.25) is 4.79 Å². The van der Waals surface area contributed by atoms with Crippen LogP contribution in [0.5, 0.6) is 0 Å². The van der Waals surface area contributed by atoms with Gasteiger partial charge in [-0.1, -0.05) is 0 Å². The van der Waals surface area contributed by atoms with Crippen LogP contribution in [0.15, 0.2) is 23.0 Å². The van der Waals surface area contributed by atoms with Crippen LogP contribution in [0.2, 0.25) is 0 Å². The molecule has 5 rings (SSSR count). The Hall–Kier alpha value is -1.25. The highest BCUT2D eigenvalue weighted by atomic mass is 16.3. The lowest BCUT2D eigenvalue weighted by Gasteiger charge is -2.55. The van der Waals surface area contributed by atoms with Crippen molar-refractivity contribution < 1.29 is 9.21 Å². The van der Waals surface area contributed by atoms with Crippen molar-refractivity contribution >= 4 is 5.91 Å². The van der Waals surface area contributed by atoms with E-state index in [0.717, 1.165) is 55.5 Å². The summed E-state index contributed by atoms with van der Waals surface area (Å²) >= 11 is 0. The van der Waals surface area contributed by atoms with Gasteiger partial charge in [0.05, 0.1) is 12.5 Å². The van der Waals surface area contributed by atoms with E-state index in [-0.39, 0.29) is 5.41 Å². The topological polar surface area (TPSA) is 42.2 Å². The summed E-state index contributed by atoms with van der Waals surface area (Å²) in [5, 5.41) is 3.20. The molecule has 4 aliphatic rings. The van der Waals surface area contributed by atoms with Gasteiger partial charge in [-0.2, -0.15) is 0 Å². The minimum absolute atomic E-state index is 0.00878. The van der Waals surface area contributed by atoms with Gasteiger partial charge in [0, 0.05) is 12.0 Å². The summed E-state index contributed by atoms with van der Waals surface area (Å²) in [5.41, 5.74) is 1.15. The van der Waals surface area contributed by atoms with Crippen LogP contribution >= 0.6 is 0 Å². The maximum absolute atomic E-state index is 12.7. The largest absolute Gasteiger partial charge is 0.472 e. The van der Waals surface area contributed by atoms with Crippen molar-refractivity contribution in [3.8, 4) is 0 Å². The van der Waals surface area contributed by atoms with Crippen molar-refractivity contribution in [2.45, 2.75) is 44.9 Å². The van der Waals surface area contributed by atoms with Crippen LogP contribution in [0.25, 0.3) is 0 Å². The van der Waals surface area contributed by atoms with E-state index in [1.54, 1.807) is 12.5 Å². The van der Waals surface area contributed by atoms with E-state index >= 15 is 0 Å². The summed E-state index contributed by atoms with van der Waals surface area (Å²) in [5.74, 6) is 2.84. The molecule has 1 amide bonds. The maximum Gasteiger partial charge on any atom is 0.226 e. The number of hydrogen-bond donors (Lipinski definition) is 1. The van der Waals surface area contributed by atoms with Crippen LogP contribution in [-0.2, 0) is 11.2 Å². The second-order valence-corrected chi connectivity index (χ2v) is 7.34. The van der Waals surface area contributed by atoms with Gasteiger partial charge in [-0.25, -0.2) is 0 Å². The zero-order chi connectivity index (χ0) is 13.6. The van der Waals surface area contributed by atoms with Crippen LogP contribution in [0, 0.1) is 23.2 Å². The van der Waals surface area contributed by atoms with Crippen LogP contribution in [0.1, 0.15) is 44.1 Å².